The molecule has 0 aliphatic rings. The smallest absolute Gasteiger partial charge is 0.126 e. The summed E-state index contributed by atoms with van der Waals surface area (Å²) >= 11 is 0. The zero-order chi connectivity index (χ0) is 10.0. The molecule has 1 rings (SSSR count). The van der Waals surface area contributed by atoms with Crippen LogP contribution in [0, 0.1) is 11.6 Å². The van der Waals surface area contributed by atoms with Crippen LogP contribution in [0.5, 0.6) is 0 Å². The van der Waals surface area contributed by atoms with E-state index in [1.807, 2.05) is 0 Å². The predicted octanol–water partition coefficient (Wildman–Crippen LogP) is 1.77. The van der Waals surface area contributed by atoms with E-state index in [-0.39, 0.29) is 18.0 Å². The minimum absolute atomic E-state index is 0. The molecule has 14 heavy (non-hydrogen) atoms. The van der Waals surface area contributed by atoms with Crippen molar-refractivity contribution in [2.75, 3.05) is 0 Å². The summed E-state index contributed by atoms with van der Waals surface area (Å²) in [5.74, 6) is -1.38. The van der Waals surface area contributed by atoms with Crippen LogP contribution in [0.15, 0.2) is 18.2 Å². The van der Waals surface area contributed by atoms with Crippen LogP contribution in [0.4, 0.5) is 8.78 Å². The highest BCUT2D eigenvalue weighted by Gasteiger charge is 2.13. The number of aliphatic hydroxyl groups is 1. The van der Waals surface area contributed by atoms with E-state index >= 15 is 0 Å². The quantitative estimate of drug-likeness (QED) is 0.803. The Labute approximate surface area is 87.1 Å². The molecule has 0 saturated heterocycles. The van der Waals surface area contributed by atoms with Crippen LogP contribution in [0.2, 0.25) is 0 Å². The summed E-state index contributed by atoms with van der Waals surface area (Å²) in [7, 11) is 0. The lowest BCUT2D eigenvalue weighted by Crippen LogP contribution is -2.23. The van der Waals surface area contributed by atoms with Gasteiger partial charge in [0.1, 0.15) is 11.6 Å². The Morgan fingerprint density at radius 1 is 1.21 bits per heavy atom. The Balaban J connectivity index is 0.00000169. The SMILES string of the molecule is C[C@H](O)[C@H](N)c1cc(F)cc(F)c1.Cl. The number of benzene rings is 1. The normalized spacial score (nSPS) is 14.4. The largest absolute Gasteiger partial charge is 0.391 e. The minimum atomic E-state index is -0.832. The summed E-state index contributed by atoms with van der Waals surface area (Å²) in [6, 6.07) is 2.23. The van der Waals surface area contributed by atoms with Gasteiger partial charge in [0.2, 0.25) is 0 Å². The molecule has 0 bridgehead atoms. The molecule has 0 heterocycles. The van der Waals surface area contributed by atoms with E-state index in [0.717, 1.165) is 18.2 Å². The minimum Gasteiger partial charge on any atom is -0.391 e. The number of hydrogen-bond acceptors (Lipinski definition) is 2. The van der Waals surface area contributed by atoms with E-state index in [1.54, 1.807) is 0 Å². The molecule has 2 nitrogen and oxygen atoms in total. The van der Waals surface area contributed by atoms with Crippen molar-refractivity contribution in [1.29, 1.82) is 0 Å². The molecule has 80 valence electrons. The third kappa shape index (κ3) is 3.21. The molecule has 1 aromatic rings. The zero-order valence-corrected chi connectivity index (χ0v) is 8.39. The molecule has 0 fully saturated rings. The summed E-state index contributed by atoms with van der Waals surface area (Å²) in [5.41, 5.74) is 5.75. The molecule has 1 aromatic carbocycles. The highest BCUT2D eigenvalue weighted by molar-refractivity contribution is 5.85. The highest BCUT2D eigenvalue weighted by Crippen LogP contribution is 2.16. The van der Waals surface area contributed by atoms with Crippen molar-refractivity contribution in [3.8, 4) is 0 Å². The number of hydrogen-bond donors (Lipinski definition) is 2. The van der Waals surface area contributed by atoms with E-state index in [0.29, 0.717) is 0 Å². The maximum Gasteiger partial charge on any atom is 0.126 e. The Bertz CT molecular complexity index is 287. The lowest BCUT2D eigenvalue weighted by atomic mass is 10.0. The van der Waals surface area contributed by atoms with Crippen molar-refractivity contribution in [2.24, 2.45) is 5.73 Å². The van der Waals surface area contributed by atoms with Crippen LogP contribution in [0.3, 0.4) is 0 Å². The first kappa shape index (κ1) is 13.3. The fourth-order valence-electron chi connectivity index (χ4n) is 1.05. The van der Waals surface area contributed by atoms with Gasteiger partial charge in [-0.05, 0) is 24.6 Å². The van der Waals surface area contributed by atoms with Gasteiger partial charge >= 0.3 is 0 Å². The maximum atomic E-state index is 12.7. The van der Waals surface area contributed by atoms with Crippen LogP contribution < -0.4 is 5.73 Å². The van der Waals surface area contributed by atoms with E-state index in [4.69, 9.17) is 10.8 Å². The molecule has 3 N–H and O–H groups in total. The van der Waals surface area contributed by atoms with Crippen molar-refractivity contribution in [2.45, 2.75) is 19.1 Å². The molecule has 0 amide bonds. The summed E-state index contributed by atoms with van der Waals surface area (Å²) in [5, 5.41) is 9.09. The van der Waals surface area contributed by atoms with E-state index in [2.05, 4.69) is 0 Å². The third-order valence-corrected chi connectivity index (χ3v) is 1.79. The van der Waals surface area contributed by atoms with Gasteiger partial charge in [0, 0.05) is 6.07 Å². The maximum absolute atomic E-state index is 12.7. The molecule has 0 radical (unpaired) electrons. The van der Waals surface area contributed by atoms with Crippen molar-refractivity contribution >= 4 is 12.4 Å². The Morgan fingerprint density at radius 2 is 1.64 bits per heavy atom. The van der Waals surface area contributed by atoms with Gasteiger partial charge in [-0.3, -0.25) is 0 Å². The Hall–Kier alpha value is -0.710. The monoisotopic (exact) mass is 223 g/mol. The second-order valence-corrected chi connectivity index (χ2v) is 2.97. The lowest BCUT2D eigenvalue weighted by Gasteiger charge is -2.14. The predicted molar refractivity (Wildman–Crippen MR) is 52.2 cm³/mol. The number of halogens is 3. The molecule has 0 spiro atoms. The van der Waals surface area contributed by atoms with Crippen molar-refractivity contribution in [1.82, 2.24) is 0 Å². The van der Waals surface area contributed by atoms with Crippen molar-refractivity contribution < 1.29 is 13.9 Å². The van der Waals surface area contributed by atoms with Gasteiger partial charge in [0.15, 0.2) is 0 Å². The number of aliphatic hydroxyl groups excluding tert-OH is 1. The second-order valence-electron chi connectivity index (χ2n) is 2.97. The molecule has 0 aliphatic carbocycles. The molecular weight excluding hydrogens is 212 g/mol. The Kier molecular flexibility index (Phi) is 4.97. The first-order valence-corrected chi connectivity index (χ1v) is 3.90. The lowest BCUT2D eigenvalue weighted by molar-refractivity contribution is 0.164. The fraction of sp³-hybridized carbons (Fsp3) is 0.333. The van der Waals surface area contributed by atoms with Crippen LogP contribution >= 0.6 is 12.4 Å². The molecule has 0 aliphatic heterocycles. The van der Waals surface area contributed by atoms with Gasteiger partial charge < -0.3 is 10.8 Å². The summed E-state index contributed by atoms with van der Waals surface area (Å²) in [6.45, 7) is 1.47. The molecule has 2 atom stereocenters. The van der Waals surface area contributed by atoms with E-state index < -0.39 is 23.8 Å². The standard InChI is InChI=1S/C9H11F2NO.ClH/c1-5(13)9(12)6-2-7(10)4-8(11)3-6;/h2-5,9,13H,12H2,1H3;1H/t5-,9-;/m0./s1. The van der Waals surface area contributed by atoms with E-state index in [1.165, 1.54) is 6.92 Å². The summed E-state index contributed by atoms with van der Waals surface area (Å²) in [4.78, 5) is 0. The molecule has 0 aromatic heterocycles. The van der Waals surface area contributed by atoms with Crippen LogP contribution in [0.1, 0.15) is 18.5 Å². The average Bonchev–Trinajstić information content (AvgIpc) is 2.01. The summed E-state index contributed by atoms with van der Waals surface area (Å²) in [6.07, 6.45) is -0.832. The third-order valence-electron chi connectivity index (χ3n) is 1.79. The average molecular weight is 224 g/mol. The zero-order valence-electron chi connectivity index (χ0n) is 7.58. The number of rotatable bonds is 2. The van der Waals surface area contributed by atoms with Gasteiger partial charge in [-0.2, -0.15) is 0 Å². The fourth-order valence-corrected chi connectivity index (χ4v) is 1.05. The van der Waals surface area contributed by atoms with E-state index in [9.17, 15) is 8.78 Å². The molecule has 0 unspecified atom stereocenters. The van der Waals surface area contributed by atoms with Gasteiger partial charge in [-0.15, -0.1) is 12.4 Å². The Morgan fingerprint density at radius 3 is 2.00 bits per heavy atom. The van der Waals surface area contributed by atoms with Gasteiger partial charge in [-0.25, -0.2) is 8.78 Å². The number of nitrogens with two attached hydrogens (primary N) is 1. The van der Waals surface area contributed by atoms with Crippen LogP contribution in [0.25, 0.3) is 0 Å². The van der Waals surface area contributed by atoms with Crippen molar-refractivity contribution in [3.05, 3.63) is 35.4 Å². The van der Waals surface area contributed by atoms with Crippen molar-refractivity contribution in [3.63, 3.8) is 0 Å². The first-order chi connectivity index (χ1) is 6.00. The van der Waals surface area contributed by atoms with Crippen LogP contribution in [-0.4, -0.2) is 11.2 Å². The molecule has 0 saturated carbocycles. The topological polar surface area (TPSA) is 46.2 Å². The second kappa shape index (κ2) is 5.24. The highest BCUT2D eigenvalue weighted by atomic mass is 35.5. The molecule has 5 heteroatoms. The van der Waals surface area contributed by atoms with Gasteiger partial charge in [0.05, 0.1) is 12.1 Å². The molecular formula is C9H12ClF2NO. The first-order valence-electron chi connectivity index (χ1n) is 3.90. The van der Waals surface area contributed by atoms with Gasteiger partial charge in [0.25, 0.3) is 0 Å². The summed E-state index contributed by atoms with van der Waals surface area (Å²) < 4.78 is 25.3. The van der Waals surface area contributed by atoms with Crippen LogP contribution in [-0.2, 0) is 0 Å². The van der Waals surface area contributed by atoms with Gasteiger partial charge in [-0.1, -0.05) is 0 Å².